The van der Waals surface area contributed by atoms with E-state index in [1.165, 1.54) is 19.9 Å². The topological polar surface area (TPSA) is 51.2 Å². The van der Waals surface area contributed by atoms with Crippen molar-refractivity contribution < 1.29 is 14.4 Å². The number of allylic oxidation sites excluding steroid dienone is 2. The van der Waals surface area contributed by atoms with E-state index in [4.69, 9.17) is 0 Å². The Hall–Kier alpha value is -2.81. The molecule has 2 aromatic carbocycles. The molecule has 0 atom stereocenters. The molecule has 116 valence electrons. The summed E-state index contributed by atoms with van der Waals surface area (Å²) in [5.41, 5.74) is 1.67. The molecule has 0 amide bonds. The minimum atomic E-state index is -0.926. The molecule has 0 spiro atoms. The Morgan fingerprint density at radius 2 is 1.17 bits per heavy atom. The van der Waals surface area contributed by atoms with Gasteiger partial charge in [-0.15, -0.1) is 0 Å². The highest BCUT2D eigenvalue weighted by Gasteiger charge is 2.26. The highest BCUT2D eigenvalue weighted by Crippen LogP contribution is 2.26. The number of hydrogen-bond acceptors (Lipinski definition) is 3. The van der Waals surface area contributed by atoms with Crippen LogP contribution >= 0.6 is 0 Å². The lowest BCUT2D eigenvalue weighted by Crippen LogP contribution is -2.22. The van der Waals surface area contributed by atoms with Gasteiger partial charge in [0.05, 0.1) is 0 Å². The van der Waals surface area contributed by atoms with Gasteiger partial charge in [0.15, 0.2) is 5.78 Å². The van der Waals surface area contributed by atoms with E-state index in [-0.39, 0.29) is 17.3 Å². The number of rotatable bonds is 6. The zero-order chi connectivity index (χ0) is 16.8. The molecule has 0 aliphatic heterocycles. The molecular formula is C20H18O3. The molecule has 2 aromatic rings. The number of benzene rings is 2. The van der Waals surface area contributed by atoms with Crippen LogP contribution in [0.3, 0.4) is 0 Å². The van der Waals surface area contributed by atoms with Crippen molar-refractivity contribution in [1.29, 1.82) is 0 Å². The Morgan fingerprint density at radius 3 is 1.61 bits per heavy atom. The molecule has 0 aliphatic rings. The van der Waals surface area contributed by atoms with Crippen LogP contribution < -0.4 is 0 Å². The Labute approximate surface area is 135 Å². The van der Waals surface area contributed by atoms with E-state index >= 15 is 0 Å². The number of carbonyl (C=O) groups is 3. The van der Waals surface area contributed by atoms with Gasteiger partial charge in [-0.05, 0) is 31.1 Å². The van der Waals surface area contributed by atoms with Crippen molar-refractivity contribution in [2.24, 2.45) is 5.92 Å². The van der Waals surface area contributed by atoms with Gasteiger partial charge in [0, 0.05) is 5.56 Å². The first-order valence-electron chi connectivity index (χ1n) is 7.38. The van der Waals surface area contributed by atoms with Crippen LogP contribution in [0.5, 0.6) is 0 Å². The van der Waals surface area contributed by atoms with Crippen LogP contribution in [0.15, 0.2) is 66.7 Å². The van der Waals surface area contributed by atoms with E-state index in [0.717, 1.165) is 0 Å². The summed E-state index contributed by atoms with van der Waals surface area (Å²) < 4.78 is 0. The van der Waals surface area contributed by atoms with E-state index in [2.05, 4.69) is 0 Å². The molecule has 0 N–H and O–H groups in total. The van der Waals surface area contributed by atoms with Crippen LogP contribution in [0, 0.1) is 5.92 Å². The molecule has 3 nitrogen and oxygen atoms in total. The third kappa shape index (κ3) is 4.10. The SMILES string of the molecule is CC(=O)C(C(C)=O)/C(=C/C(=O)c1ccccc1)c1ccccc1. The monoisotopic (exact) mass is 306 g/mol. The maximum Gasteiger partial charge on any atom is 0.186 e. The van der Waals surface area contributed by atoms with Gasteiger partial charge >= 0.3 is 0 Å². The Bertz CT molecular complexity index is 729. The van der Waals surface area contributed by atoms with E-state index in [0.29, 0.717) is 16.7 Å². The molecule has 3 heteroatoms. The predicted octanol–water partition coefficient (Wildman–Crippen LogP) is 3.75. The van der Waals surface area contributed by atoms with Gasteiger partial charge in [0.25, 0.3) is 0 Å². The Kier molecular flexibility index (Phi) is 5.36. The van der Waals surface area contributed by atoms with Crippen molar-refractivity contribution >= 4 is 22.9 Å². The molecule has 0 bridgehead atoms. The van der Waals surface area contributed by atoms with E-state index in [9.17, 15) is 14.4 Å². The summed E-state index contributed by atoms with van der Waals surface area (Å²) in [6.45, 7) is 2.74. The van der Waals surface area contributed by atoms with E-state index in [1.54, 1.807) is 36.4 Å². The molecule has 0 unspecified atom stereocenters. The third-order valence-electron chi connectivity index (χ3n) is 3.58. The first-order chi connectivity index (χ1) is 11.0. The molecule has 0 aliphatic carbocycles. The lowest BCUT2D eigenvalue weighted by atomic mass is 9.85. The second kappa shape index (κ2) is 7.45. The largest absolute Gasteiger partial charge is 0.299 e. The first-order valence-corrected chi connectivity index (χ1v) is 7.38. The van der Waals surface area contributed by atoms with Crippen LogP contribution in [0.4, 0.5) is 0 Å². The molecule has 0 aromatic heterocycles. The molecule has 0 heterocycles. The summed E-state index contributed by atoms with van der Waals surface area (Å²) in [6.07, 6.45) is 1.40. The molecule has 0 fully saturated rings. The number of hydrogen-bond donors (Lipinski definition) is 0. The summed E-state index contributed by atoms with van der Waals surface area (Å²) in [6, 6.07) is 17.8. The average Bonchev–Trinajstić information content (AvgIpc) is 2.55. The summed E-state index contributed by atoms with van der Waals surface area (Å²) in [4.78, 5) is 36.4. The number of Topliss-reactive ketones (excluding diaryl/α,β-unsaturated/α-hetero) is 2. The highest BCUT2D eigenvalue weighted by molar-refractivity contribution is 6.16. The van der Waals surface area contributed by atoms with Gasteiger partial charge in [-0.1, -0.05) is 60.7 Å². The summed E-state index contributed by atoms with van der Waals surface area (Å²) >= 11 is 0. The second-order valence-corrected chi connectivity index (χ2v) is 5.35. The van der Waals surface area contributed by atoms with Gasteiger partial charge in [0.2, 0.25) is 0 Å². The normalized spacial score (nSPS) is 11.3. The van der Waals surface area contributed by atoms with Crippen molar-refractivity contribution in [3.05, 3.63) is 77.9 Å². The highest BCUT2D eigenvalue weighted by atomic mass is 16.1. The smallest absolute Gasteiger partial charge is 0.186 e. The molecule has 23 heavy (non-hydrogen) atoms. The van der Waals surface area contributed by atoms with E-state index in [1.807, 2.05) is 24.3 Å². The predicted molar refractivity (Wildman–Crippen MR) is 90.0 cm³/mol. The molecule has 2 rings (SSSR count). The fourth-order valence-electron chi connectivity index (χ4n) is 2.52. The van der Waals surface area contributed by atoms with Gasteiger partial charge in [-0.25, -0.2) is 0 Å². The number of ketones is 3. The lowest BCUT2D eigenvalue weighted by Gasteiger charge is -2.15. The Morgan fingerprint density at radius 1 is 0.739 bits per heavy atom. The van der Waals surface area contributed by atoms with Crippen LogP contribution in [0.2, 0.25) is 0 Å². The van der Waals surface area contributed by atoms with Crippen LogP contribution in [0.1, 0.15) is 29.8 Å². The first kappa shape index (κ1) is 16.6. The summed E-state index contributed by atoms with van der Waals surface area (Å²) in [5, 5.41) is 0. The van der Waals surface area contributed by atoms with Gasteiger partial charge < -0.3 is 0 Å². The summed E-state index contributed by atoms with van der Waals surface area (Å²) in [5.74, 6) is -1.69. The van der Waals surface area contributed by atoms with Crippen LogP contribution in [0.25, 0.3) is 5.57 Å². The van der Waals surface area contributed by atoms with Crippen molar-refractivity contribution in [2.45, 2.75) is 13.8 Å². The Balaban J connectivity index is 2.53. The average molecular weight is 306 g/mol. The lowest BCUT2D eigenvalue weighted by molar-refractivity contribution is -0.127. The molecular weight excluding hydrogens is 288 g/mol. The quantitative estimate of drug-likeness (QED) is 0.464. The number of carbonyl (C=O) groups excluding carboxylic acids is 3. The zero-order valence-electron chi connectivity index (χ0n) is 13.2. The standard InChI is InChI=1S/C20H18O3/c1-14(21)20(15(2)22)18(16-9-5-3-6-10-16)13-19(23)17-11-7-4-8-12-17/h3-13,20H,1-2H3/b18-13+. The third-order valence-corrected chi connectivity index (χ3v) is 3.58. The molecule has 0 saturated heterocycles. The molecule has 0 radical (unpaired) electrons. The summed E-state index contributed by atoms with van der Waals surface area (Å²) in [7, 11) is 0. The minimum absolute atomic E-state index is 0.225. The maximum atomic E-state index is 12.5. The van der Waals surface area contributed by atoms with Crippen molar-refractivity contribution in [3.8, 4) is 0 Å². The fraction of sp³-hybridized carbons (Fsp3) is 0.150. The van der Waals surface area contributed by atoms with Gasteiger partial charge in [0.1, 0.15) is 17.5 Å². The zero-order valence-corrected chi connectivity index (χ0v) is 13.2. The van der Waals surface area contributed by atoms with Crippen molar-refractivity contribution in [3.63, 3.8) is 0 Å². The van der Waals surface area contributed by atoms with E-state index < -0.39 is 5.92 Å². The van der Waals surface area contributed by atoms with Crippen molar-refractivity contribution in [2.75, 3.05) is 0 Å². The van der Waals surface area contributed by atoms with Gasteiger partial charge in [-0.2, -0.15) is 0 Å². The van der Waals surface area contributed by atoms with Gasteiger partial charge in [-0.3, -0.25) is 14.4 Å². The van der Waals surface area contributed by atoms with Crippen LogP contribution in [-0.2, 0) is 9.59 Å². The minimum Gasteiger partial charge on any atom is -0.299 e. The second-order valence-electron chi connectivity index (χ2n) is 5.35. The maximum absolute atomic E-state index is 12.5. The van der Waals surface area contributed by atoms with Crippen molar-refractivity contribution in [1.82, 2.24) is 0 Å². The fourth-order valence-corrected chi connectivity index (χ4v) is 2.52. The molecule has 0 saturated carbocycles. The van der Waals surface area contributed by atoms with Crippen LogP contribution in [-0.4, -0.2) is 17.3 Å².